The van der Waals surface area contributed by atoms with Crippen LogP contribution in [-0.4, -0.2) is 31.2 Å². The Morgan fingerprint density at radius 1 is 0.426 bits per heavy atom. The maximum absolute atomic E-state index is 6.02. The van der Waals surface area contributed by atoms with Crippen molar-refractivity contribution in [2.75, 3.05) is 6.61 Å². The first-order chi connectivity index (χ1) is 32.9. The van der Waals surface area contributed by atoms with Gasteiger partial charge in [0.15, 0.2) is 0 Å². The molecule has 0 heterocycles. The number of hydrogen-bond donors (Lipinski definition) is 0. The molecule has 0 aliphatic carbocycles. The minimum absolute atomic E-state index is 0. The van der Waals surface area contributed by atoms with E-state index in [1.165, 1.54) is 160 Å². The average molecular weight is 1020 g/mol. The zero-order chi connectivity index (χ0) is 47.8. The molecule has 0 radical (unpaired) electrons. The molecule has 5 nitrogen and oxygen atoms in total. The van der Waals surface area contributed by atoms with Crippen LogP contribution in [0.3, 0.4) is 0 Å². The van der Waals surface area contributed by atoms with Crippen LogP contribution in [0.1, 0.15) is 225 Å². The molecule has 4 rings (SSSR count). The van der Waals surface area contributed by atoms with Crippen LogP contribution in [0, 0.1) is 12.1 Å². The molecule has 0 saturated carbocycles. The van der Waals surface area contributed by atoms with Crippen molar-refractivity contribution in [2.24, 2.45) is 9.98 Å². The largest absolute Gasteiger partial charge is 2.00 e. The van der Waals surface area contributed by atoms with Gasteiger partial charge in [0.1, 0.15) is 5.75 Å². The Morgan fingerprint density at radius 3 is 1.21 bits per heavy atom. The summed E-state index contributed by atoms with van der Waals surface area (Å²) in [6, 6.07) is 35.1. The second-order valence-electron chi connectivity index (χ2n) is 18.7. The van der Waals surface area contributed by atoms with Crippen molar-refractivity contribution >= 4 is 23.8 Å². The Balaban J connectivity index is 0.000000460. The first-order valence-corrected chi connectivity index (χ1v) is 27.2. The van der Waals surface area contributed by atoms with Crippen LogP contribution in [0.25, 0.3) is 0 Å². The van der Waals surface area contributed by atoms with Gasteiger partial charge in [-0.3, -0.25) is 0 Å². The fourth-order valence-corrected chi connectivity index (χ4v) is 8.01. The summed E-state index contributed by atoms with van der Waals surface area (Å²) >= 11 is 0. The van der Waals surface area contributed by atoms with Gasteiger partial charge in [0, 0.05) is 11.5 Å². The van der Waals surface area contributed by atoms with Crippen LogP contribution < -0.4 is 14.2 Å². The van der Waals surface area contributed by atoms with E-state index in [-0.39, 0.29) is 32.6 Å². The smallest absolute Gasteiger partial charge is 0.534 e. The van der Waals surface area contributed by atoms with E-state index >= 15 is 0 Å². The summed E-state index contributed by atoms with van der Waals surface area (Å²) in [5.41, 5.74) is 5.23. The number of aryl methyl sites for hydroxylation is 1. The maximum atomic E-state index is 6.02. The molecule has 378 valence electrons. The van der Waals surface area contributed by atoms with Gasteiger partial charge in [-0.1, -0.05) is 168 Å². The van der Waals surface area contributed by atoms with Crippen LogP contribution in [0.4, 0.5) is 11.4 Å². The predicted octanol–water partition coefficient (Wildman–Crippen LogP) is 19.2. The van der Waals surface area contributed by atoms with Gasteiger partial charge in [0.2, 0.25) is 0 Å². The van der Waals surface area contributed by atoms with Crippen LogP contribution in [0.15, 0.2) is 94.9 Å². The summed E-state index contributed by atoms with van der Waals surface area (Å²) in [4.78, 5) is 9.18. The molecule has 6 heteroatoms. The van der Waals surface area contributed by atoms with Crippen molar-refractivity contribution in [3.05, 3.63) is 114 Å². The van der Waals surface area contributed by atoms with E-state index in [4.69, 9.17) is 14.2 Å². The summed E-state index contributed by atoms with van der Waals surface area (Å²) < 4.78 is 17.9. The molecule has 0 aliphatic heterocycles. The van der Waals surface area contributed by atoms with E-state index in [2.05, 4.69) is 87.9 Å². The van der Waals surface area contributed by atoms with Crippen molar-refractivity contribution in [3.63, 3.8) is 0 Å². The Hall–Kier alpha value is -3.72. The molecule has 4 aromatic carbocycles. The molecule has 0 aliphatic rings. The van der Waals surface area contributed by atoms with Gasteiger partial charge >= 0.3 is 20.4 Å². The molecule has 0 saturated heterocycles. The summed E-state index contributed by atoms with van der Waals surface area (Å²) in [6.07, 6.45) is 39.3. The SMILES string of the molecule is CCCCCCCCCCOc1ccc(N=Cc2[c-]cc(OC(C)CCCCCC)cc2)cc1.CCCCCCCCCCc1ccc(N=Cc2[c-]cc(OC(C)CCCCCC)cc2)cc1.[Pd+2]. The van der Waals surface area contributed by atoms with Crippen molar-refractivity contribution < 1.29 is 34.6 Å². The minimum Gasteiger partial charge on any atom is -0.534 e. The second-order valence-corrected chi connectivity index (χ2v) is 18.7. The van der Waals surface area contributed by atoms with Crippen LogP contribution in [0.2, 0.25) is 0 Å². The third kappa shape index (κ3) is 30.7. The van der Waals surface area contributed by atoms with Gasteiger partial charge in [-0.2, -0.15) is 0 Å². The minimum atomic E-state index is 0. The van der Waals surface area contributed by atoms with Gasteiger partial charge < -0.3 is 24.2 Å². The molecular formula is C62H92N2O3Pd. The Morgan fingerprint density at radius 2 is 0.794 bits per heavy atom. The van der Waals surface area contributed by atoms with Gasteiger partial charge in [-0.05, 0) is 113 Å². The number of nitrogens with zero attached hydrogens (tertiary/aromatic N) is 2. The average Bonchev–Trinajstić information content (AvgIpc) is 3.35. The molecule has 0 amide bonds. The Kier molecular flexibility index (Phi) is 36.5. The van der Waals surface area contributed by atoms with Crippen molar-refractivity contribution in [2.45, 2.75) is 227 Å². The number of ether oxygens (including phenoxy) is 3. The summed E-state index contributed by atoms with van der Waals surface area (Å²) in [6.45, 7) is 14.1. The van der Waals surface area contributed by atoms with E-state index in [9.17, 15) is 0 Å². The van der Waals surface area contributed by atoms with E-state index in [1.807, 2.05) is 73.1 Å². The number of unbranched alkanes of at least 4 members (excludes halogenated alkanes) is 20. The van der Waals surface area contributed by atoms with Crippen LogP contribution >= 0.6 is 0 Å². The van der Waals surface area contributed by atoms with Crippen molar-refractivity contribution in [1.29, 1.82) is 0 Å². The van der Waals surface area contributed by atoms with Crippen LogP contribution in [-0.2, 0) is 26.8 Å². The first kappa shape index (κ1) is 60.4. The standard InChI is InChI=1S/C31H46NO2.C31H46NO.Pd/c1-4-6-8-10-11-12-13-15-25-33-30-23-19-29(20-24-30)32-26-28-17-21-31(22-18-28)34-27(3)16-14-9-7-5-2;1-4-6-8-10-11-12-13-15-17-28-18-22-30(23-19-28)32-26-29-20-24-31(25-21-29)33-27(3)16-14-9-7-5-2;/h17,19-24,26-27H,4-16,25H2,1-3H3;18-20,22-27H,4-17H2,1-3H3;/q2*-1;+2. The Bertz CT molecular complexity index is 1790. The summed E-state index contributed by atoms with van der Waals surface area (Å²) in [5.74, 6) is 2.68. The number of hydrogen-bond acceptors (Lipinski definition) is 5. The van der Waals surface area contributed by atoms with E-state index in [0.29, 0.717) is 0 Å². The molecule has 4 aromatic rings. The van der Waals surface area contributed by atoms with E-state index in [1.54, 1.807) is 0 Å². The first-order valence-electron chi connectivity index (χ1n) is 27.2. The van der Waals surface area contributed by atoms with Crippen LogP contribution in [0.5, 0.6) is 17.2 Å². The molecule has 2 unspecified atom stereocenters. The topological polar surface area (TPSA) is 52.4 Å². The number of rotatable bonds is 37. The van der Waals surface area contributed by atoms with Crippen molar-refractivity contribution in [1.82, 2.24) is 0 Å². The van der Waals surface area contributed by atoms with E-state index in [0.717, 1.165) is 65.6 Å². The fourth-order valence-electron chi connectivity index (χ4n) is 8.01. The number of aliphatic imine (C=N–C) groups is 2. The molecule has 68 heavy (non-hydrogen) atoms. The summed E-state index contributed by atoms with van der Waals surface area (Å²) in [5, 5.41) is 0. The monoisotopic (exact) mass is 1020 g/mol. The fraction of sp³-hybridized carbons (Fsp3) is 0.581. The van der Waals surface area contributed by atoms with Gasteiger partial charge in [0.05, 0.1) is 30.2 Å². The second kappa shape index (κ2) is 41.1. The van der Waals surface area contributed by atoms with Gasteiger partial charge in [-0.15, -0.1) is 59.7 Å². The molecule has 0 spiro atoms. The molecule has 0 aromatic heterocycles. The third-order valence-electron chi connectivity index (χ3n) is 12.3. The molecule has 0 bridgehead atoms. The maximum Gasteiger partial charge on any atom is 2.00 e. The van der Waals surface area contributed by atoms with Crippen molar-refractivity contribution in [3.8, 4) is 17.2 Å². The molecule has 0 fully saturated rings. The molecule has 0 N–H and O–H groups in total. The van der Waals surface area contributed by atoms with Gasteiger partial charge in [0.25, 0.3) is 0 Å². The zero-order valence-electron chi connectivity index (χ0n) is 43.6. The van der Waals surface area contributed by atoms with E-state index < -0.39 is 0 Å². The normalized spacial score (nSPS) is 12.1. The van der Waals surface area contributed by atoms with Gasteiger partial charge in [-0.25, -0.2) is 0 Å². The predicted molar refractivity (Wildman–Crippen MR) is 290 cm³/mol. The number of benzene rings is 4. The third-order valence-corrected chi connectivity index (χ3v) is 12.3. The molecular weight excluding hydrogens is 927 g/mol. The zero-order valence-corrected chi connectivity index (χ0v) is 45.2. The molecule has 2 atom stereocenters. The Labute approximate surface area is 430 Å². The summed E-state index contributed by atoms with van der Waals surface area (Å²) in [7, 11) is 0. The quantitative estimate of drug-likeness (QED) is 0.0196.